The first kappa shape index (κ1) is 11.5. The quantitative estimate of drug-likeness (QED) is 0.775. The van der Waals surface area contributed by atoms with Crippen LogP contribution in [0.25, 0.3) is 0 Å². The maximum atomic E-state index is 13.0. The van der Waals surface area contributed by atoms with Gasteiger partial charge in [-0.1, -0.05) is 0 Å². The standard InChI is InChI=1S/C10H12FNO3/c1-15-8-3-6(2-7(11)5-8)4-9(12)10(13)14/h2-3,5,9H,4,12H2,1H3,(H,13,14)/t9-/m0/s1. The summed E-state index contributed by atoms with van der Waals surface area (Å²) in [6.45, 7) is 0. The van der Waals surface area contributed by atoms with Crippen molar-refractivity contribution in [3.8, 4) is 5.75 Å². The van der Waals surface area contributed by atoms with Crippen LogP contribution in [0.1, 0.15) is 5.56 Å². The highest BCUT2D eigenvalue weighted by molar-refractivity contribution is 5.73. The molecule has 0 saturated heterocycles. The van der Waals surface area contributed by atoms with Crippen molar-refractivity contribution >= 4 is 5.97 Å². The van der Waals surface area contributed by atoms with Crippen LogP contribution < -0.4 is 10.5 Å². The van der Waals surface area contributed by atoms with E-state index in [2.05, 4.69) is 0 Å². The van der Waals surface area contributed by atoms with Crippen molar-refractivity contribution in [2.75, 3.05) is 7.11 Å². The van der Waals surface area contributed by atoms with E-state index in [1.165, 1.54) is 19.2 Å². The molecule has 4 nitrogen and oxygen atoms in total. The number of carboxylic acids is 1. The van der Waals surface area contributed by atoms with Crippen LogP contribution in [0.5, 0.6) is 5.75 Å². The minimum absolute atomic E-state index is 0.0729. The first-order valence-electron chi connectivity index (χ1n) is 4.34. The van der Waals surface area contributed by atoms with Crippen LogP contribution in [0.4, 0.5) is 4.39 Å². The second-order valence-corrected chi connectivity index (χ2v) is 3.15. The van der Waals surface area contributed by atoms with Crippen LogP contribution in [0.3, 0.4) is 0 Å². The molecule has 82 valence electrons. The number of halogens is 1. The average molecular weight is 213 g/mol. The molecule has 0 heterocycles. The molecule has 0 spiro atoms. The molecule has 0 aliphatic rings. The van der Waals surface area contributed by atoms with Crippen LogP contribution in [-0.2, 0) is 11.2 Å². The predicted molar refractivity (Wildman–Crippen MR) is 52.3 cm³/mol. The number of hydrogen-bond donors (Lipinski definition) is 2. The average Bonchev–Trinajstić information content (AvgIpc) is 2.16. The van der Waals surface area contributed by atoms with E-state index in [4.69, 9.17) is 15.6 Å². The number of rotatable bonds is 4. The van der Waals surface area contributed by atoms with Crippen LogP contribution in [0.2, 0.25) is 0 Å². The van der Waals surface area contributed by atoms with Crippen LogP contribution >= 0.6 is 0 Å². The van der Waals surface area contributed by atoms with Crippen molar-refractivity contribution < 1.29 is 19.0 Å². The maximum absolute atomic E-state index is 13.0. The van der Waals surface area contributed by atoms with E-state index in [-0.39, 0.29) is 6.42 Å². The Labute approximate surface area is 86.5 Å². The number of benzene rings is 1. The second kappa shape index (κ2) is 4.75. The summed E-state index contributed by atoms with van der Waals surface area (Å²) in [4.78, 5) is 10.5. The number of carboxylic acid groups (broad SMARTS) is 1. The van der Waals surface area contributed by atoms with Gasteiger partial charge in [0.15, 0.2) is 0 Å². The number of ether oxygens (including phenoxy) is 1. The van der Waals surface area contributed by atoms with Gasteiger partial charge in [0, 0.05) is 6.07 Å². The van der Waals surface area contributed by atoms with Crippen molar-refractivity contribution in [3.63, 3.8) is 0 Å². The number of methoxy groups -OCH3 is 1. The largest absolute Gasteiger partial charge is 0.497 e. The molecule has 15 heavy (non-hydrogen) atoms. The van der Waals surface area contributed by atoms with Crippen LogP contribution in [0.15, 0.2) is 18.2 Å². The predicted octanol–water partition coefficient (Wildman–Crippen LogP) is 0.789. The molecule has 0 radical (unpaired) electrons. The fourth-order valence-electron chi connectivity index (χ4n) is 1.20. The van der Waals surface area contributed by atoms with Crippen molar-refractivity contribution in [1.82, 2.24) is 0 Å². The van der Waals surface area contributed by atoms with E-state index >= 15 is 0 Å². The summed E-state index contributed by atoms with van der Waals surface area (Å²) >= 11 is 0. The highest BCUT2D eigenvalue weighted by Gasteiger charge is 2.13. The number of nitrogens with two attached hydrogens (primary N) is 1. The molecule has 1 aromatic carbocycles. The van der Waals surface area contributed by atoms with E-state index in [1.807, 2.05) is 0 Å². The Balaban J connectivity index is 2.85. The summed E-state index contributed by atoms with van der Waals surface area (Å²) in [5, 5.41) is 8.59. The lowest BCUT2D eigenvalue weighted by molar-refractivity contribution is -0.138. The van der Waals surface area contributed by atoms with Crippen molar-refractivity contribution in [1.29, 1.82) is 0 Å². The molecule has 1 aromatic rings. The smallest absolute Gasteiger partial charge is 0.320 e. The Kier molecular flexibility index (Phi) is 3.62. The molecule has 0 amide bonds. The SMILES string of the molecule is COc1cc(F)cc(C[C@H](N)C(=O)O)c1. The van der Waals surface area contributed by atoms with Crippen molar-refractivity contribution in [2.45, 2.75) is 12.5 Å². The molecule has 0 aliphatic carbocycles. The van der Waals surface area contributed by atoms with E-state index in [0.717, 1.165) is 0 Å². The lowest BCUT2D eigenvalue weighted by Gasteiger charge is -2.08. The fourth-order valence-corrected chi connectivity index (χ4v) is 1.20. The molecule has 0 saturated carbocycles. The zero-order chi connectivity index (χ0) is 11.4. The summed E-state index contributed by atoms with van der Waals surface area (Å²) < 4.78 is 17.8. The molecule has 5 heteroatoms. The lowest BCUT2D eigenvalue weighted by atomic mass is 10.1. The third kappa shape index (κ3) is 3.21. The van der Waals surface area contributed by atoms with E-state index in [1.54, 1.807) is 6.07 Å². The summed E-state index contributed by atoms with van der Waals surface area (Å²) in [6, 6.07) is 2.99. The van der Waals surface area contributed by atoms with Gasteiger partial charge in [-0.15, -0.1) is 0 Å². The van der Waals surface area contributed by atoms with Gasteiger partial charge in [0.2, 0.25) is 0 Å². The molecule has 0 unspecified atom stereocenters. The molecular formula is C10H12FNO3. The zero-order valence-corrected chi connectivity index (χ0v) is 8.24. The number of carbonyl (C=O) groups is 1. The van der Waals surface area contributed by atoms with Crippen molar-refractivity contribution in [2.24, 2.45) is 5.73 Å². The van der Waals surface area contributed by atoms with Gasteiger partial charge >= 0.3 is 5.97 Å². The van der Waals surface area contributed by atoms with Crippen LogP contribution in [0, 0.1) is 5.82 Å². The first-order valence-corrected chi connectivity index (χ1v) is 4.34. The molecule has 0 fully saturated rings. The van der Waals surface area contributed by atoms with Gasteiger partial charge in [-0.3, -0.25) is 4.79 Å². The van der Waals surface area contributed by atoms with Gasteiger partial charge in [-0.2, -0.15) is 0 Å². The summed E-state index contributed by atoms with van der Waals surface area (Å²) in [5.41, 5.74) is 5.83. The molecule has 0 aromatic heterocycles. The Morgan fingerprint density at radius 2 is 2.27 bits per heavy atom. The number of hydrogen-bond acceptors (Lipinski definition) is 3. The molecule has 1 rings (SSSR count). The third-order valence-electron chi connectivity index (χ3n) is 1.94. The second-order valence-electron chi connectivity index (χ2n) is 3.15. The topological polar surface area (TPSA) is 72.5 Å². The van der Waals surface area contributed by atoms with Gasteiger partial charge in [0.05, 0.1) is 7.11 Å². The van der Waals surface area contributed by atoms with E-state index < -0.39 is 17.8 Å². The summed E-state index contributed by atoms with van der Waals surface area (Å²) in [6.07, 6.45) is 0.0729. The Morgan fingerprint density at radius 1 is 1.60 bits per heavy atom. The van der Waals surface area contributed by atoms with Gasteiger partial charge in [-0.25, -0.2) is 4.39 Å². The van der Waals surface area contributed by atoms with Crippen molar-refractivity contribution in [3.05, 3.63) is 29.6 Å². The van der Waals surface area contributed by atoms with Gasteiger partial charge in [0.1, 0.15) is 17.6 Å². The van der Waals surface area contributed by atoms with Crippen LogP contribution in [-0.4, -0.2) is 24.2 Å². The monoisotopic (exact) mass is 213 g/mol. The van der Waals surface area contributed by atoms with Gasteiger partial charge < -0.3 is 15.6 Å². The Hall–Kier alpha value is -1.62. The summed E-state index contributed by atoms with van der Waals surface area (Å²) in [7, 11) is 1.41. The molecule has 3 N–H and O–H groups in total. The Bertz CT molecular complexity index is 368. The third-order valence-corrected chi connectivity index (χ3v) is 1.94. The van der Waals surface area contributed by atoms with E-state index in [0.29, 0.717) is 11.3 Å². The minimum Gasteiger partial charge on any atom is -0.497 e. The van der Waals surface area contributed by atoms with Gasteiger partial charge in [0.25, 0.3) is 0 Å². The summed E-state index contributed by atoms with van der Waals surface area (Å²) in [5.74, 6) is -1.23. The normalized spacial score (nSPS) is 12.2. The first-order chi connectivity index (χ1) is 7.02. The molecule has 1 atom stereocenters. The highest BCUT2D eigenvalue weighted by atomic mass is 19.1. The Morgan fingerprint density at radius 3 is 2.80 bits per heavy atom. The minimum atomic E-state index is -1.11. The molecule has 0 aliphatic heterocycles. The maximum Gasteiger partial charge on any atom is 0.320 e. The zero-order valence-electron chi connectivity index (χ0n) is 8.24. The highest BCUT2D eigenvalue weighted by Crippen LogP contribution is 2.16. The number of aliphatic carboxylic acids is 1. The van der Waals surface area contributed by atoms with E-state index in [9.17, 15) is 9.18 Å². The molecular weight excluding hydrogens is 201 g/mol. The lowest BCUT2D eigenvalue weighted by Crippen LogP contribution is -2.32. The fraction of sp³-hybridized carbons (Fsp3) is 0.300. The van der Waals surface area contributed by atoms with Gasteiger partial charge in [-0.05, 0) is 24.1 Å². The molecule has 0 bridgehead atoms.